The summed E-state index contributed by atoms with van der Waals surface area (Å²) in [5.41, 5.74) is 0.352. The van der Waals surface area contributed by atoms with Gasteiger partial charge in [0.1, 0.15) is 5.78 Å². The maximum Gasteiger partial charge on any atom is 0.137 e. The molecule has 1 aliphatic carbocycles. The molecule has 1 saturated carbocycles. The molecule has 2 aliphatic rings. The highest BCUT2D eigenvalue weighted by atomic mass is 16.1. The van der Waals surface area contributed by atoms with Crippen LogP contribution in [0, 0.1) is 29.1 Å². The van der Waals surface area contributed by atoms with Crippen molar-refractivity contribution < 1.29 is 4.79 Å². The number of hydrogen-bond acceptors (Lipinski definition) is 2. The highest BCUT2D eigenvalue weighted by molar-refractivity contribution is 5.82. The van der Waals surface area contributed by atoms with E-state index in [9.17, 15) is 4.79 Å². The molecule has 0 amide bonds. The van der Waals surface area contributed by atoms with Crippen molar-refractivity contribution in [3.63, 3.8) is 0 Å². The summed E-state index contributed by atoms with van der Waals surface area (Å²) in [5.74, 6) is 3.17. The number of likely N-dealkylation sites (tertiary alicyclic amines) is 1. The van der Waals surface area contributed by atoms with Crippen LogP contribution in [-0.4, -0.2) is 30.3 Å². The number of Topliss-reactive ketones (excluding diaryl/α,β-unsaturated/α-hetero) is 1. The smallest absolute Gasteiger partial charge is 0.137 e. The van der Waals surface area contributed by atoms with E-state index in [4.69, 9.17) is 0 Å². The van der Waals surface area contributed by atoms with E-state index in [1.807, 2.05) is 0 Å². The van der Waals surface area contributed by atoms with Gasteiger partial charge in [0, 0.05) is 25.4 Å². The van der Waals surface area contributed by atoms with Crippen molar-refractivity contribution in [1.82, 2.24) is 4.90 Å². The minimum atomic E-state index is 0.305. The molecule has 1 heterocycles. The van der Waals surface area contributed by atoms with E-state index in [1.54, 1.807) is 0 Å². The van der Waals surface area contributed by atoms with Crippen LogP contribution in [0.3, 0.4) is 0 Å². The van der Waals surface area contributed by atoms with Crippen molar-refractivity contribution in [2.75, 3.05) is 19.6 Å². The fourth-order valence-electron chi connectivity index (χ4n) is 3.96. The number of rotatable bonds is 3. The third kappa shape index (κ3) is 3.84. The topological polar surface area (TPSA) is 20.3 Å². The Morgan fingerprint density at radius 2 is 1.95 bits per heavy atom. The molecule has 2 fully saturated rings. The maximum atomic E-state index is 12.2. The van der Waals surface area contributed by atoms with E-state index in [2.05, 4.69) is 39.5 Å². The highest BCUT2D eigenvalue weighted by Gasteiger charge is 2.36. The minimum absolute atomic E-state index is 0.305. The van der Waals surface area contributed by atoms with Gasteiger partial charge in [-0.25, -0.2) is 0 Å². The van der Waals surface area contributed by atoms with Crippen LogP contribution in [0.15, 0.2) is 0 Å². The van der Waals surface area contributed by atoms with E-state index in [-0.39, 0.29) is 0 Å². The molecule has 0 spiro atoms. The lowest BCUT2D eigenvalue weighted by atomic mass is 9.68. The van der Waals surface area contributed by atoms with Crippen molar-refractivity contribution in [1.29, 1.82) is 0 Å². The van der Waals surface area contributed by atoms with Gasteiger partial charge in [0.25, 0.3) is 0 Å². The average Bonchev–Trinajstić information content (AvgIpc) is 2.79. The molecule has 2 heteroatoms. The zero-order valence-corrected chi connectivity index (χ0v) is 14.1. The fraction of sp³-hybridized carbons (Fsp3) is 0.944. The van der Waals surface area contributed by atoms with E-state index < -0.39 is 0 Å². The minimum Gasteiger partial charge on any atom is -0.302 e. The van der Waals surface area contributed by atoms with Crippen molar-refractivity contribution in [2.45, 2.75) is 60.3 Å². The second-order valence-electron chi connectivity index (χ2n) is 8.55. The maximum absolute atomic E-state index is 12.2. The Hall–Kier alpha value is -0.370. The first kappa shape index (κ1) is 16.0. The number of carbonyl (C=O) groups excluding carboxylic acids is 1. The lowest BCUT2D eigenvalue weighted by Crippen LogP contribution is -2.38. The van der Waals surface area contributed by atoms with E-state index in [0.717, 1.165) is 37.6 Å². The van der Waals surface area contributed by atoms with Crippen LogP contribution in [0.4, 0.5) is 0 Å². The standard InChI is InChI=1S/C18H33NO/c1-13(2)14-8-9-19(11-14)12-15-10-16(18(3,4)5)6-7-17(15)20/h13-16H,6-12H2,1-5H3. The molecule has 1 saturated heterocycles. The Bertz CT molecular complexity index is 342. The van der Waals surface area contributed by atoms with Gasteiger partial charge in [-0.1, -0.05) is 34.6 Å². The molecule has 3 atom stereocenters. The van der Waals surface area contributed by atoms with Crippen LogP contribution in [-0.2, 0) is 4.79 Å². The SMILES string of the molecule is CC(C)C1CCN(CC2CC(C(C)(C)C)CCC2=O)C1. The number of hydrogen-bond donors (Lipinski definition) is 0. The third-order valence-electron chi connectivity index (χ3n) is 5.72. The van der Waals surface area contributed by atoms with Gasteiger partial charge in [0.15, 0.2) is 0 Å². The number of nitrogens with zero attached hydrogens (tertiary/aromatic N) is 1. The lowest BCUT2D eigenvalue weighted by Gasteiger charge is -2.38. The zero-order chi connectivity index (χ0) is 14.9. The second-order valence-corrected chi connectivity index (χ2v) is 8.55. The molecule has 3 unspecified atom stereocenters. The predicted molar refractivity (Wildman–Crippen MR) is 84.7 cm³/mol. The van der Waals surface area contributed by atoms with Gasteiger partial charge in [-0.2, -0.15) is 0 Å². The summed E-state index contributed by atoms with van der Waals surface area (Å²) in [6.45, 7) is 15.1. The average molecular weight is 279 g/mol. The summed E-state index contributed by atoms with van der Waals surface area (Å²) in [6, 6.07) is 0. The Kier molecular flexibility index (Phi) is 4.94. The molecule has 2 rings (SSSR count). The highest BCUT2D eigenvalue weighted by Crippen LogP contribution is 2.39. The van der Waals surface area contributed by atoms with Crippen LogP contribution < -0.4 is 0 Å². The molecular weight excluding hydrogens is 246 g/mol. The van der Waals surface area contributed by atoms with E-state index >= 15 is 0 Å². The first-order chi connectivity index (χ1) is 9.27. The second kappa shape index (κ2) is 6.17. The first-order valence-electron chi connectivity index (χ1n) is 8.52. The number of carbonyl (C=O) groups is 1. The predicted octanol–water partition coefficient (Wildman–Crippen LogP) is 4.00. The van der Waals surface area contributed by atoms with Gasteiger partial charge in [0.05, 0.1) is 0 Å². The largest absolute Gasteiger partial charge is 0.302 e. The van der Waals surface area contributed by atoms with E-state index in [1.165, 1.54) is 19.5 Å². The van der Waals surface area contributed by atoms with Crippen molar-refractivity contribution >= 4 is 5.78 Å². The molecule has 0 N–H and O–H groups in total. The van der Waals surface area contributed by atoms with Gasteiger partial charge in [-0.3, -0.25) is 4.79 Å². The molecule has 116 valence electrons. The molecule has 0 bridgehead atoms. The summed E-state index contributed by atoms with van der Waals surface area (Å²) in [4.78, 5) is 14.8. The van der Waals surface area contributed by atoms with Gasteiger partial charge in [-0.15, -0.1) is 0 Å². The Labute approximate surface area is 125 Å². The Balaban J connectivity index is 1.89. The summed E-state index contributed by atoms with van der Waals surface area (Å²) in [7, 11) is 0. The number of ketones is 1. The summed E-state index contributed by atoms with van der Waals surface area (Å²) in [5, 5.41) is 0. The molecule has 1 aliphatic heterocycles. The van der Waals surface area contributed by atoms with Crippen molar-refractivity contribution in [3.8, 4) is 0 Å². The summed E-state index contributed by atoms with van der Waals surface area (Å²) >= 11 is 0. The van der Waals surface area contributed by atoms with Crippen LogP contribution in [0.1, 0.15) is 60.3 Å². The Morgan fingerprint density at radius 1 is 1.25 bits per heavy atom. The van der Waals surface area contributed by atoms with Crippen LogP contribution in [0.25, 0.3) is 0 Å². The van der Waals surface area contributed by atoms with Crippen molar-refractivity contribution in [3.05, 3.63) is 0 Å². The van der Waals surface area contributed by atoms with Crippen LogP contribution in [0.5, 0.6) is 0 Å². The Morgan fingerprint density at radius 3 is 2.50 bits per heavy atom. The fourth-order valence-corrected chi connectivity index (χ4v) is 3.96. The molecule has 0 radical (unpaired) electrons. The third-order valence-corrected chi connectivity index (χ3v) is 5.72. The zero-order valence-electron chi connectivity index (χ0n) is 14.1. The summed E-state index contributed by atoms with van der Waals surface area (Å²) in [6.07, 6.45) is 4.36. The quantitative estimate of drug-likeness (QED) is 0.778. The molecule has 20 heavy (non-hydrogen) atoms. The van der Waals surface area contributed by atoms with Crippen LogP contribution in [0.2, 0.25) is 0 Å². The normalized spacial score (nSPS) is 33.1. The molecule has 2 nitrogen and oxygen atoms in total. The summed E-state index contributed by atoms with van der Waals surface area (Å²) < 4.78 is 0. The van der Waals surface area contributed by atoms with E-state index in [0.29, 0.717) is 23.0 Å². The first-order valence-corrected chi connectivity index (χ1v) is 8.52. The molecule has 0 aromatic carbocycles. The van der Waals surface area contributed by atoms with Crippen LogP contribution >= 0.6 is 0 Å². The van der Waals surface area contributed by atoms with Gasteiger partial charge < -0.3 is 4.90 Å². The lowest BCUT2D eigenvalue weighted by molar-refractivity contribution is -0.127. The monoisotopic (exact) mass is 279 g/mol. The van der Waals surface area contributed by atoms with Crippen molar-refractivity contribution in [2.24, 2.45) is 29.1 Å². The van der Waals surface area contributed by atoms with Gasteiger partial charge in [0.2, 0.25) is 0 Å². The molecule has 0 aromatic heterocycles. The van der Waals surface area contributed by atoms with Gasteiger partial charge in [-0.05, 0) is 49.0 Å². The molecular formula is C18H33NO. The molecule has 0 aromatic rings. The van der Waals surface area contributed by atoms with Gasteiger partial charge >= 0.3 is 0 Å².